The van der Waals surface area contributed by atoms with Crippen LogP contribution in [0.25, 0.3) is 11.3 Å². The van der Waals surface area contributed by atoms with Crippen molar-refractivity contribution in [1.82, 2.24) is 10.3 Å². The van der Waals surface area contributed by atoms with Gasteiger partial charge in [-0.15, -0.1) is 0 Å². The third kappa shape index (κ3) is 7.28. The molecule has 1 aromatic heterocycles. The van der Waals surface area contributed by atoms with Crippen LogP contribution in [-0.2, 0) is 6.18 Å². The summed E-state index contributed by atoms with van der Waals surface area (Å²) in [6, 6.07) is 30.3. The Morgan fingerprint density at radius 3 is 1.97 bits per heavy atom. The van der Waals surface area contributed by atoms with Gasteiger partial charge in [0, 0.05) is 18.0 Å². The molecule has 0 amide bonds. The molecular formula is C31H31F3N2O. The molecular weight excluding hydrogens is 473 g/mol. The zero-order valence-electron chi connectivity index (χ0n) is 20.7. The molecule has 0 aliphatic carbocycles. The van der Waals surface area contributed by atoms with Crippen LogP contribution in [0.1, 0.15) is 52.8 Å². The van der Waals surface area contributed by atoms with E-state index in [1.54, 1.807) is 12.1 Å². The Morgan fingerprint density at radius 2 is 1.41 bits per heavy atom. The number of nitrogens with one attached hydrogen (secondary N) is 1. The second-order valence-electron chi connectivity index (χ2n) is 9.27. The molecule has 0 bridgehead atoms. The van der Waals surface area contributed by atoms with E-state index in [9.17, 15) is 18.3 Å². The lowest BCUT2D eigenvalue weighted by Gasteiger charge is -2.19. The molecule has 6 heteroatoms. The Labute approximate surface area is 216 Å². The Bertz CT molecular complexity index is 1220. The van der Waals surface area contributed by atoms with Gasteiger partial charge < -0.3 is 10.4 Å². The summed E-state index contributed by atoms with van der Waals surface area (Å²) in [4.78, 5) is 3.82. The van der Waals surface area contributed by atoms with E-state index in [1.165, 1.54) is 17.2 Å². The van der Waals surface area contributed by atoms with E-state index in [-0.39, 0.29) is 23.7 Å². The summed E-state index contributed by atoms with van der Waals surface area (Å²) in [7, 11) is 0. The molecule has 0 aliphatic heterocycles. The molecule has 2 N–H and O–H groups in total. The van der Waals surface area contributed by atoms with E-state index in [0.717, 1.165) is 24.5 Å². The topological polar surface area (TPSA) is 45.1 Å². The number of aromatic nitrogens is 1. The van der Waals surface area contributed by atoms with Crippen LogP contribution in [0.5, 0.6) is 0 Å². The van der Waals surface area contributed by atoms with Crippen molar-refractivity contribution in [3.8, 4) is 11.3 Å². The number of alkyl halides is 3. The number of nitrogens with zero attached hydrogens (tertiary/aromatic N) is 1. The number of benzene rings is 3. The summed E-state index contributed by atoms with van der Waals surface area (Å²) in [6.07, 6.45) is -3.94. The first-order valence-electron chi connectivity index (χ1n) is 12.5. The van der Waals surface area contributed by atoms with Crippen molar-refractivity contribution in [1.29, 1.82) is 0 Å². The molecule has 1 unspecified atom stereocenters. The van der Waals surface area contributed by atoms with Gasteiger partial charge in [0.05, 0.1) is 11.8 Å². The van der Waals surface area contributed by atoms with Gasteiger partial charge in [0.25, 0.3) is 0 Å². The highest BCUT2D eigenvalue weighted by molar-refractivity contribution is 5.61. The van der Waals surface area contributed by atoms with Crippen molar-refractivity contribution < 1.29 is 18.3 Å². The van der Waals surface area contributed by atoms with E-state index < -0.39 is 18.0 Å². The van der Waals surface area contributed by atoms with Gasteiger partial charge in [-0.25, -0.2) is 4.98 Å². The fourth-order valence-electron chi connectivity index (χ4n) is 4.45. The maximum atomic E-state index is 13.5. The van der Waals surface area contributed by atoms with E-state index in [4.69, 9.17) is 0 Å². The minimum atomic E-state index is -4.60. The van der Waals surface area contributed by atoms with Crippen molar-refractivity contribution >= 4 is 0 Å². The van der Waals surface area contributed by atoms with Crippen LogP contribution in [0.15, 0.2) is 97.1 Å². The standard InChI is InChI=1S/C31H31F3N2O/c1-22-14-16-25(17-15-22)28-19-26(20-30(36-28)31(32,33)34)29(37)21-35-18-8-13-27(23-9-4-2-5-10-23)24-11-6-3-7-12-24/h2-7,9-12,14-17,19-20,27,29,35,37H,8,13,18,21H2,1H3. The van der Waals surface area contributed by atoms with Crippen molar-refractivity contribution in [3.05, 3.63) is 125 Å². The molecule has 1 atom stereocenters. The second kappa shape index (κ2) is 12.2. The average molecular weight is 505 g/mol. The summed E-state index contributed by atoms with van der Waals surface area (Å²) < 4.78 is 40.6. The number of hydrogen-bond donors (Lipinski definition) is 2. The minimum Gasteiger partial charge on any atom is -0.387 e. The molecule has 0 fully saturated rings. The van der Waals surface area contributed by atoms with Gasteiger partial charge in [-0.05, 0) is 55.1 Å². The van der Waals surface area contributed by atoms with Crippen LogP contribution in [0.3, 0.4) is 0 Å². The smallest absolute Gasteiger partial charge is 0.387 e. The number of hydrogen-bond acceptors (Lipinski definition) is 3. The van der Waals surface area contributed by atoms with Crippen molar-refractivity contribution in [2.45, 2.75) is 38.0 Å². The van der Waals surface area contributed by atoms with E-state index in [0.29, 0.717) is 12.1 Å². The van der Waals surface area contributed by atoms with E-state index in [2.05, 4.69) is 34.6 Å². The number of aliphatic hydroxyl groups excluding tert-OH is 1. The molecule has 192 valence electrons. The van der Waals surface area contributed by atoms with Gasteiger partial charge >= 0.3 is 6.18 Å². The predicted octanol–water partition coefficient (Wildman–Crippen LogP) is 7.31. The third-order valence-corrected chi connectivity index (χ3v) is 6.46. The lowest BCUT2D eigenvalue weighted by atomic mass is 9.87. The molecule has 3 nitrogen and oxygen atoms in total. The van der Waals surface area contributed by atoms with Crippen LogP contribution in [-0.4, -0.2) is 23.2 Å². The molecule has 0 spiro atoms. The molecule has 1 heterocycles. The first kappa shape index (κ1) is 26.6. The predicted molar refractivity (Wildman–Crippen MR) is 141 cm³/mol. The lowest BCUT2D eigenvalue weighted by Crippen LogP contribution is -2.23. The molecule has 4 aromatic rings. The quantitative estimate of drug-likeness (QED) is 0.223. The third-order valence-electron chi connectivity index (χ3n) is 6.46. The Kier molecular flexibility index (Phi) is 8.74. The van der Waals surface area contributed by atoms with Crippen molar-refractivity contribution in [2.24, 2.45) is 0 Å². The molecule has 0 aliphatic rings. The number of aliphatic hydroxyl groups is 1. The SMILES string of the molecule is Cc1ccc(-c2cc(C(O)CNCCCC(c3ccccc3)c3ccccc3)cc(C(F)(F)F)n2)cc1. The van der Waals surface area contributed by atoms with Gasteiger partial charge in [0.1, 0.15) is 5.69 Å². The van der Waals surface area contributed by atoms with Gasteiger partial charge in [0.2, 0.25) is 0 Å². The van der Waals surface area contributed by atoms with Crippen LogP contribution >= 0.6 is 0 Å². The largest absolute Gasteiger partial charge is 0.433 e. The monoisotopic (exact) mass is 504 g/mol. The first-order chi connectivity index (χ1) is 17.8. The molecule has 0 saturated heterocycles. The van der Waals surface area contributed by atoms with Crippen molar-refractivity contribution in [2.75, 3.05) is 13.1 Å². The molecule has 0 radical (unpaired) electrons. The maximum Gasteiger partial charge on any atom is 0.433 e. The van der Waals surface area contributed by atoms with Crippen molar-refractivity contribution in [3.63, 3.8) is 0 Å². The van der Waals surface area contributed by atoms with Gasteiger partial charge in [-0.1, -0.05) is 90.5 Å². The summed E-state index contributed by atoms with van der Waals surface area (Å²) >= 11 is 0. The number of rotatable bonds is 10. The summed E-state index contributed by atoms with van der Waals surface area (Å²) in [6.45, 7) is 2.69. The second-order valence-corrected chi connectivity index (χ2v) is 9.27. The number of aryl methyl sites for hydroxylation is 1. The average Bonchev–Trinajstić information content (AvgIpc) is 2.91. The summed E-state index contributed by atoms with van der Waals surface area (Å²) in [5.41, 5.74) is 3.44. The highest BCUT2D eigenvalue weighted by Crippen LogP contribution is 2.33. The van der Waals surface area contributed by atoms with E-state index in [1.807, 2.05) is 55.5 Å². The van der Waals surface area contributed by atoms with Gasteiger partial charge in [-0.2, -0.15) is 13.2 Å². The number of halogens is 3. The zero-order valence-corrected chi connectivity index (χ0v) is 20.7. The lowest BCUT2D eigenvalue weighted by molar-refractivity contribution is -0.141. The Morgan fingerprint density at radius 1 is 0.811 bits per heavy atom. The molecule has 0 saturated carbocycles. The molecule has 37 heavy (non-hydrogen) atoms. The Balaban J connectivity index is 1.40. The highest BCUT2D eigenvalue weighted by Gasteiger charge is 2.34. The first-order valence-corrected chi connectivity index (χ1v) is 12.5. The number of pyridine rings is 1. The minimum absolute atomic E-state index is 0.149. The van der Waals surface area contributed by atoms with Crippen LogP contribution in [0.2, 0.25) is 0 Å². The van der Waals surface area contributed by atoms with Gasteiger partial charge in [-0.3, -0.25) is 0 Å². The summed E-state index contributed by atoms with van der Waals surface area (Å²) in [5, 5.41) is 13.9. The van der Waals surface area contributed by atoms with Gasteiger partial charge in [0.15, 0.2) is 0 Å². The summed E-state index contributed by atoms with van der Waals surface area (Å²) in [5.74, 6) is 0.251. The Hall–Kier alpha value is -3.48. The fourth-order valence-corrected chi connectivity index (χ4v) is 4.45. The molecule has 4 rings (SSSR count). The van der Waals surface area contributed by atoms with E-state index >= 15 is 0 Å². The van der Waals surface area contributed by atoms with Crippen LogP contribution in [0.4, 0.5) is 13.2 Å². The highest BCUT2D eigenvalue weighted by atomic mass is 19.4. The van der Waals surface area contributed by atoms with Crippen LogP contribution < -0.4 is 5.32 Å². The molecule has 3 aromatic carbocycles. The normalized spacial score (nSPS) is 12.6. The maximum absolute atomic E-state index is 13.5. The zero-order chi connectivity index (χ0) is 26.3. The van der Waals surface area contributed by atoms with Crippen LogP contribution in [0, 0.1) is 6.92 Å². The fraction of sp³-hybridized carbons (Fsp3) is 0.258.